The zero-order chi connectivity index (χ0) is 21.2. The van der Waals surface area contributed by atoms with Crippen molar-refractivity contribution in [1.29, 1.82) is 0 Å². The highest BCUT2D eigenvalue weighted by atomic mass is 32.2. The van der Waals surface area contributed by atoms with Gasteiger partial charge in [0.15, 0.2) is 9.84 Å². The van der Waals surface area contributed by atoms with Crippen LogP contribution in [0.5, 0.6) is 0 Å². The predicted octanol–water partition coefficient (Wildman–Crippen LogP) is 5.24. The van der Waals surface area contributed by atoms with Crippen molar-refractivity contribution in [2.45, 2.75) is 54.8 Å². The zero-order valence-electron chi connectivity index (χ0n) is 17.2. The Labute approximate surface area is 180 Å². The summed E-state index contributed by atoms with van der Waals surface area (Å²) in [6, 6.07) is 28.7. The Morgan fingerprint density at radius 1 is 0.633 bits per heavy atom. The number of sulfone groups is 1. The van der Waals surface area contributed by atoms with Crippen molar-refractivity contribution in [2.24, 2.45) is 0 Å². The molecule has 2 atom stereocenters. The van der Waals surface area contributed by atoms with Gasteiger partial charge in [-0.05, 0) is 61.8 Å². The van der Waals surface area contributed by atoms with Crippen molar-refractivity contribution >= 4 is 9.84 Å². The minimum atomic E-state index is -3.60. The Morgan fingerprint density at radius 3 is 1.57 bits per heavy atom. The van der Waals surface area contributed by atoms with Crippen LogP contribution >= 0.6 is 0 Å². The molecule has 3 nitrogen and oxygen atoms in total. The number of aryl methyl sites for hydroxylation is 2. The fourth-order valence-electron chi connectivity index (χ4n) is 3.84. The Morgan fingerprint density at radius 2 is 1.07 bits per heavy atom. The van der Waals surface area contributed by atoms with Crippen molar-refractivity contribution in [1.82, 2.24) is 0 Å². The molecule has 1 N–H and O–H groups in total. The van der Waals surface area contributed by atoms with E-state index in [0.717, 1.165) is 25.7 Å². The third kappa shape index (κ3) is 6.28. The second-order valence-corrected chi connectivity index (χ2v) is 9.89. The topological polar surface area (TPSA) is 54.4 Å². The Kier molecular flexibility index (Phi) is 8.23. The van der Waals surface area contributed by atoms with E-state index >= 15 is 0 Å². The van der Waals surface area contributed by atoms with Crippen LogP contribution in [0.1, 0.15) is 36.8 Å². The lowest BCUT2D eigenvalue weighted by Gasteiger charge is -2.23. The molecule has 0 fully saturated rings. The molecule has 0 unspecified atom stereocenters. The van der Waals surface area contributed by atoms with E-state index < -0.39 is 21.2 Å². The van der Waals surface area contributed by atoms with E-state index in [4.69, 9.17) is 0 Å². The molecule has 0 spiro atoms. The first-order chi connectivity index (χ1) is 14.6. The molecule has 0 aromatic heterocycles. The summed E-state index contributed by atoms with van der Waals surface area (Å²) in [5.74, 6) is 0. The molecule has 4 heteroatoms. The number of hydrogen-bond donors (Lipinski definition) is 1. The van der Waals surface area contributed by atoms with Crippen LogP contribution in [-0.2, 0) is 22.7 Å². The van der Waals surface area contributed by atoms with Crippen molar-refractivity contribution in [3.8, 4) is 0 Å². The molecule has 0 saturated carbocycles. The van der Waals surface area contributed by atoms with Gasteiger partial charge in [0, 0.05) is 0 Å². The van der Waals surface area contributed by atoms with Gasteiger partial charge in [0.05, 0.1) is 16.2 Å². The number of aliphatic hydroxyl groups excluding tert-OH is 1. The smallest absolute Gasteiger partial charge is 0.183 e. The molecule has 3 rings (SSSR count). The maximum atomic E-state index is 13.3. The molecule has 158 valence electrons. The molecule has 0 radical (unpaired) electrons. The number of aliphatic hydroxyl groups is 1. The second kappa shape index (κ2) is 11.1. The van der Waals surface area contributed by atoms with E-state index in [-0.39, 0.29) is 4.90 Å². The highest BCUT2D eigenvalue weighted by molar-refractivity contribution is 7.92. The van der Waals surface area contributed by atoms with Crippen LogP contribution in [0.25, 0.3) is 0 Å². The Hall–Kier alpha value is -2.43. The van der Waals surface area contributed by atoms with Gasteiger partial charge in [-0.25, -0.2) is 8.42 Å². The molecule has 0 heterocycles. The SMILES string of the molecule is O=S(=O)(c1ccccc1)[C@H](CCCc1ccccc1)[C@@H](O)CCCc1ccccc1. The number of rotatable bonds is 11. The third-order valence-corrected chi connectivity index (χ3v) is 7.78. The standard InChI is InChI=1S/C26H30O3S/c27-25(20-10-16-22-12-4-1-5-13-22)26(21-11-17-23-14-6-2-7-15-23)30(28,29)24-18-8-3-9-19-24/h1-9,12-15,18-19,25-27H,10-11,16-17,20-21H2/t25-,26+/m0/s1. The Balaban J connectivity index is 1.67. The van der Waals surface area contributed by atoms with Crippen LogP contribution in [0.2, 0.25) is 0 Å². The molecule has 0 saturated heterocycles. The summed E-state index contributed by atoms with van der Waals surface area (Å²) >= 11 is 0. The van der Waals surface area contributed by atoms with Gasteiger partial charge < -0.3 is 5.11 Å². The fraction of sp³-hybridized carbons (Fsp3) is 0.308. The summed E-state index contributed by atoms with van der Waals surface area (Å²) in [4.78, 5) is 0.289. The van der Waals surface area contributed by atoms with E-state index in [0.29, 0.717) is 12.8 Å². The molecule has 0 aliphatic heterocycles. The molecule has 3 aromatic carbocycles. The molecule has 0 aliphatic rings. The maximum absolute atomic E-state index is 13.3. The number of benzene rings is 3. The first kappa shape index (κ1) is 22.3. The van der Waals surface area contributed by atoms with Crippen LogP contribution in [0.3, 0.4) is 0 Å². The second-order valence-electron chi connectivity index (χ2n) is 7.72. The Bertz CT molecular complexity index is 971. The normalized spacial score (nSPS) is 13.6. The summed E-state index contributed by atoms with van der Waals surface area (Å²) in [5, 5.41) is 10.1. The van der Waals surface area contributed by atoms with Gasteiger partial charge in [-0.3, -0.25) is 0 Å². The molecule has 0 aliphatic carbocycles. The fourth-order valence-corrected chi connectivity index (χ4v) is 5.75. The van der Waals surface area contributed by atoms with Gasteiger partial charge in [-0.15, -0.1) is 0 Å². The van der Waals surface area contributed by atoms with Gasteiger partial charge >= 0.3 is 0 Å². The first-order valence-electron chi connectivity index (χ1n) is 10.6. The minimum Gasteiger partial charge on any atom is -0.392 e. The zero-order valence-corrected chi connectivity index (χ0v) is 18.0. The van der Waals surface area contributed by atoms with Crippen LogP contribution in [0, 0.1) is 0 Å². The summed E-state index contributed by atoms with van der Waals surface area (Å²) in [6.07, 6.45) is 3.14. The van der Waals surface area contributed by atoms with Crippen molar-refractivity contribution in [2.75, 3.05) is 0 Å². The van der Waals surface area contributed by atoms with Crippen molar-refractivity contribution in [3.05, 3.63) is 102 Å². The van der Waals surface area contributed by atoms with Gasteiger partial charge in [-0.1, -0.05) is 78.9 Å². The van der Waals surface area contributed by atoms with Crippen molar-refractivity contribution in [3.63, 3.8) is 0 Å². The van der Waals surface area contributed by atoms with Crippen LogP contribution in [0.4, 0.5) is 0 Å². The van der Waals surface area contributed by atoms with Gasteiger partial charge in [0.1, 0.15) is 0 Å². The average Bonchev–Trinajstić information content (AvgIpc) is 2.78. The van der Waals surface area contributed by atoms with Crippen molar-refractivity contribution < 1.29 is 13.5 Å². The summed E-state index contributed by atoms with van der Waals surface area (Å²) in [7, 11) is -3.60. The quantitative estimate of drug-likeness (QED) is 0.460. The van der Waals surface area contributed by atoms with Gasteiger partial charge in [-0.2, -0.15) is 0 Å². The molecule has 30 heavy (non-hydrogen) atoms. The van der Waals surface area contributed by atoms with Gasteiger partial charge in [0.2, 0.25) is 0 Å². The lowest BCUT2D eigenvalue weighted by atomic mass is 10.0. The monoisotopic (exact) mass is 422 g/mol. The van der Waals surface area contributed by atoms with E-state index in [1.807, 2.05) is 36.4 Å². The summed E-state index contributed by atoms with van der Waals surface area (Å²) in [6.45, 7) is 0. The van der Waals surface area contributed by atoms with Gasteiger partial charge in [0.25, 0.3) is 0 Å². The molecule has 3 aromatic rings. The van der Waals surface area contributed by atoms with E-state index in [2.05, 4.69) is 24.3 Å². The highest BCUT2D eigenvalue weighted by Crippen LogP contribution is 2.25. The summed E-state index contributed by atoms with van der Waals surface area (Å²) in [5.41, 5.74) is 2.39. The largest absolute Gasteiger partial charge is 0.392 e. The molecular weight excluding hydrogens is 392 g/mol. The van der Waals surface area contributed by atoms with Crippen LogP contribution in [-0.4, -0.2) is 24.9 Å². The average molecular weight is 423 g/mol. The first-order valence-corrected chi connectivity index (χ1v) is 12.2. The predicted molar refractivity (Wildman–Crippen MR) is 122 cm³/mol. The molecular formula is C26H30O3S. The maximum Gasteiger partial charge on any atom is 0.183 e. The van der Waals surface area contributed by atoms with Crippen LogP contribution in [0.15, 0.2) is 95.9 Å². The van der Waals surface area contributed by atoms with E-state index in [9.17, 15) is 13.5 Å². The number of hydrogen-bond acceptors (Lipinski definition) is 3. The lowest BCUT2D eigenvalue weighted by Crippen LogP contribution is -2.34. The van der Waals surface area contributed by atoms with E-state index in [1.54, 1.807) is 30.3 Å². The lowest BCUT2D eigenvalue weighted by molar-refractivity contribution is 0.151. The van der Waals surface area contributed by atoms with Crippen LogP contribution < -0.4 is 0 Å². The van der Waals surface area contributed by atoms with E-state index in [1.165, 1.54) is 11.1 Å². The molecule has 0 amide bonds. The molecule has 0 bridgehead atoms. The third-order valence-electron chi connectivity index (χ3n) is 5.50. The highest BCUT2D eigenvalue weighted by Gasteiger charge is 2.33. The summed E-state index contributed by atoms with van der Waals surface area (Å²) < 4.78 is 26.6. The minimum absolute atomic E-state index is 0.289.